The van der Waals surface area contributed by atoms with E-state index in [1.165, 1.54) is 20.7 Å². The van der Waals surface area contributed by atoms with Crippen molar-refractivity contribution in [1.82, 2.24) is 4.98 Å². The molecular formula is C8H7ClN2OS2. The van der Waals surface area contributed by atoms with E-state index < -0.39 is 0 Å². The van der Waals surface area contributed by atoms with Gasteiger partial charge in [-0.05, 0) is 12.1 Å². The third kappa shape index (κ3) is 2.80. The van der Waals surface area contributed by atoms with Crippen molar-refractivity contribution in [3.8, 4) is 10.9 Å². The maximum atomic E-state index is 5.47. The van der Waals surface area contributed by atoms with Gasteiger partial charge in [-0.3, -0.25) is 5.41 Å². The Labute approximate surface area is 94.3 Å². The van der Waals surface area contributed by atoms with Crippen molar-refractivity contribution >= 4 is 20.7 Å². The van der Waals surface area contributed by atoms with Crippen molar-refractivity contribution in [3.63, 3.8) is 0 Å². The standard InChI is InChI=1S/C8H6N2OS2.ClH/c9-7-10-8(13-12-7)11-6-4-2-1-3-5-6;/h1-5,9H;1H. The summed E-state index contributed by atoms with van der Waals surface area (Å²) in [7, 11) is 2.83. The number of aromatic nitrogens is 1. The smallest absolute Gasteiger partial charge is 0.405 e. The highest BCUT2D eigenvalue weighted by molar-refractivity contribution is 7.68. The van der Waals surface area contributed by atoms with E-state index in [-0.39, 0.29) is 12.4 Å². The quantitative estimate of drug-likeness (QED) is 0.604. The number of nitrogens with two attached hydrogens (primary N) is 1. The van der Waals surface area contributed by atoms with Gasteiger partial charge in [0.1, 0.15) is 5.75 Å². The van der Waals surface area contributed by atoms with Crippen molar-refractivity contribution in [3.05, 3.63) is 35.1 Å². The number of nitrogens with zero attached hydrogens (tertiary/aromatic N) is 1. The third-order valence-corrected chi connectivity index (χ3v) is 3.20. The van der Waals surface area contributed by atoms with Gasteiger partial charge in [0.25, 0.3) is 0 Å². The Morgan fingerprint density at radius 1 is 1.14 bits per heavy atom. The molecule has 0 radical (unpaired) electrons. The minimum atomic E-state index is 0. The van der Waals surface area contributed by atoms with Crippen LogP contribution in [0, 0.1) is 0 Å². The molecule has 0 unspecified atom stereocenters. The Hall–Kier alpha value is -0.910. The Morgan fingerprint density at radius 2 is 1.86 bits per heavy atom. The van der Waals surface area contributed by atoms with Gasteiger partial charge in [-0.2, -0.15) is 0 Å². The van der Waals surface area contributed by atoms with Crippen LogP contribution in [0.15, 0.2) is 30.3 Å². The van der Waals surface area contributed by atoms with Crippen LogP contribution in [0.2, 0.25) is 0 Å². The second-order valence-electron chi connectivity index (χ2n) is 2.30. The Balaban J connectivity index is 0.000000980. The van der Waals surface area contributed by atoms with E-state index in [9.17, 15) is 0 Å². The summed E-state index contributed by atoms with van der Waals surface area (Å²) >= 11 is 0. The van der Waals surface area contributed by atoms with Gasteiger partial charge in [0.15, 0.2) is 0 Å². The number of halogens is 1. The first-order chi connectivity index (χ1) is 6.34. The number of rotatable bonds is 2. The zero-order valence-electron chi connectivity index (χ0n) is 7.01. The number of hydrogen-bond acceptors (Lipinski definition) is 4. The molecule has 1 heterocycles. The molecule has 0 aliphatic rings. The fraction of sp³-hybridized carbons (Fsp3) is 0. The molecular weight excluding hydrogens is 240 g/mol. The molecule has 0 saturated carbocycles. The fourth-order valence-corrected chi connectivity index (χ4v) is 2.23. The molecule has 2 rings (SSSR count). The molecule has 0 fully saturated rings. The molecule has 0 spiro atoms. The minimum Gasteiger partial charge on any atom is -1.00 e. The fourth-order valence-electron chi connectivity index (χ4n) is 0.835. The average molecular weight is 247 g/mol. The largest absolute Gasteiger partial charge is 1.00 e. The predicted molar refractivity (Wildman–Crippen MR) is 51.6 cm³/mol. The Morgan fingerprint density at radius 3 is 2.43 bits per heavy atom. The number of benzene rings is 1. The summed E-state index contributed by atoms with van der Waals surface area (Å²) in [4.78, 5) is 4.54. The monoisotopic (exact) mass is 246 g/mol. The molecule has 1 aromatic heterocycles. The van der Waals surface area contributed by atoms with Gasteiger partial charge in [-0.25, -0.2) is 0 Å². The van der Waals surface area contributed by atoms with E-state index in [1.54, 1.807) is 0 Å². The van der Waals surface area contributed by atoms with Crippen LogP contribution in [0.25, 0.3) is 0 Å². The van der Waals surface area contributed by atoms with Crippen LogP contribution in [0.5, 0.6) is 10.9 Å². The van der Waals surface area contributed by atoms with Gasteiger partial charge in [-0.1, -0.05) is 18.2 Å². The van der Waals surface area contributed by atoms with Gasteiger partial charge < -0.3 is 17.1 Å². The van der Waals surface area contributed by atoms with Crippen molar-refractivity contribution in [2.75, 3.05) is 0 Å². The van der Waals surface area contributed by atoms with Crippen molar-refractivity contribution in [2.24, 2.45) is 0 Å². The third-order valence-electron chi connectivity index (χ3n) is 1.35. The highest BCUT2D eigenvalue weighted by Gasteiger charge is 2.07. The van der Waals surface area contributed by atoms with Gasteiger partial charge in [0.2, 0.25) is 0 Å². The van der Waals surface area contributed by atoms with Crippen LogP contribution < -0.4 is 27.4 Å². The minimum absolute atomic E-state index is 0. The van der Waals surface area contributed by atoms with Crippen molar-refractivity contribution in [2.45, 2.75) is 0 Å². The summed E-state index contributed by atoms with van der Waals surface area (Å²) in [6.07, 6.45) is 0. The summed E-state index contributed by atoms with van der Waals surface area (Å²) < 4.78 is 5.44. The number of para-hydroxylation sites is 1. The molecule has 3 nitrogen and oxygen atoms in total. The maximum absolute atomic E-state index is 5.47. The highest BCUT2D eigenvalue weighted by Crippen LogP contribution is 2.22. The van der Waals surface area contributed by atoms with Gasteiger partial charge >= 0.3 is 10.00 Å². The molecule has 0 aliphatic carbocycles. The second kappa shape index (κ2) is 5.09. The maximum Gasteiger partial charge on any atom is 0.405 e. The topological polar surface area (TPSA) is 47.7 Å². The molecule has 0 saturated heterocycles. The molecule has 0 aliphatic heterocycles. The van der Waals surface area contributed by atoms with Gasteiger partial charge in [0.05, 0.1) is 0 Å². The van der Waals surface area contributed by atoms with Gasteiger partial charge in [-0.15, -0.1) is 0 Å². The Bertz CT molecular complexity index is 440. The van der Waals surface area contributed by atoms with Crippen LogP contribution in [-0.4, -0.2) is 4.98 Å². The SMILES string of the molecule is [Cl-].[NH2+]=c1nc(Oc2ccccc2)ss1. The molecule has 2 N–H and O–H groups in total. The molecule has 0 atom stereocenters. The summed E-state index contributed by atoms with van der Waals surface area (Å²) in [5.41, 5.74) is 0. The van der Waals surface area contributed by atoms with Crippen LogP contribution in [-0.2, 0) is 0 Å². The highest BCUT2D eigenvalue weighted by atomic mass is 35.5. The number of hydrogen-bond donors (Lipinski definition) is 1. The second-order valence-corrected chi connectivity index (χ2v) is 4.40. The summed E-state index contributed by atoms with van der Waals surface area (Å²) in [5, 5.41) is 6.06. The molecule has 0 bridgehead atoms. The lowest BCUT2D eigenvalue weighted by molar-refractivity contribution is -0.172. The summed E-state index contributed by atoms with van der Waals surface area (Å²) in [6.45, 7) is 0. The molecule has 6 heteroatoms. The molecule has 74 valence electrons. The van der Waals surface area contributed by atoms with E-state index in [0.29, 0.717) is 10.00 Å². The Kier molecular flexibility index (Phi) is 4.06. The van der Waals surface area contributed by atoms with Crippen molar-refractivity contribution in [1.29, 1.82) is 0 Å². The predicted octanol–water partition coefficient (Wildman–Crippen LogP) is -2.34. The normalized spacial score (nSPS) is 9.14. The van der Waals surface area contributed by atoms with Crippen LogP contribution in [0.1, 0.15) is 0 Å². The molecule has 2 aromatic rings. The lowest BCUT2D eigenvalue weighted by atomic mass is 10.3. The van der Waals surface area contributed by atoms with E-state index >= 15 is 0 Å². The van der Waals surface area contributed by atoms with Crippen molar-refractivity contribution < 1.29 is 22.6 Å². The first-order valence-electron chi connectivity index (χ1n) is 3.63. The molecule has 14 heavy (non-hydrogen) atoms. The number of ether oxygens (including phenoxy) is 1. The average Bonchev–Trinajstić information content (AvgIpc) is 2.53. The zero-order chi connectivity index (χ0) is 9.10. The lowest BCUT2D eigenvalue weighted by Gasteiger charge is -1.95. The molecule has 1 aromatic carbocycles. The van der Waals surface area contributed by atoms with Crippen LogP contribution in [0.3, 0.4) is 0 Å². The van der Waals surface area contributed by atoms with Crippen LogP contribution in [0.4, 0.5) is 0 Å². The first kappa shape index (κ1) is 11.2. The van der Waals surface area contributed by atoms with Gasteiger partial charge in [0, 0.05) is 25.7 Å². The first-order valence-corrected chi connectivity index (χ1v) is 5.78. The molecule has 0 amide bonds. The lowest BCUT2D eigenvalue weighted by Crippen LogP contribution is -3.00. The van der Waals surface area contributed by atoms with E-state index in [0.717, 1.165) is 5.75 Å². The zero-order valence-corrected chi connectivity index (χ0v) is 9.40. The summed E-state index contributed by atoms with van der Waals surface area (Å²) in [6, 6.07) is 9.52. The van der Waals surface area contributed by atoms with Crippen LogP contribution >= 0.6 is 20.7 Å². The van der Waals surface area contributed by atoms with E-state index in [2.05, 4.69) is 4.98 Å². The van der Waals surface area contributed by atoms with E-state index in [1.807, 2.05) is 30.3 Å². The van der Waals surface area contributed by atoms with E-state index in [4.69, 9.17) is 10.1 Å². The summed E-state index contributed by atoms with van der Waals surface area (Å²) in [5.74, 6) is 0.782.